The zero-order chi connectivity index (χ0) is 25.8. The maximum absolute atomic E-state index is 15.0. The van der Waals surface area contributed by atoms with Crippen LogP contribution in [0.15, 0.2) is 35.5 Å². The number of cyclic esters (lactones) is 1. The number of amides is 1. The minimum absolute atomic E-state index is 0.0201. The first-order valence-electron chi connectivity index (χ1n) is 10.0. The van der Waals surface area contributed by atoms with Crippen molar-refractivity contribution in [2.24, 2.45) is 10.7 Å². The first-order chi connectivity index (χ1) is 15.7. The minimum atomic E-state index is -4.80. The molecule has 0 spiro atoms. The van der Waals surface area contributed by atoms with E-state index in [2.05, 4.69) is 21.9 Å². The SMILES string of the molecule is C=CN=C1NC(=O)O[C@@H](C(C)(C)F)/C1=C(/C)c1cc(C(F)(F)F)cc(N(CCN)CC(=O)O)n1. The van der Waals surface area contributed by atoms with Gasteiger partial charge in [-0.3, -0.25) is 10.1 Å². The predicted molar refractivity (Wildman–Crippen MR) is 117 cm³/mol. The summed E-state index contributed by atoms with van der Waals surface area (Å²) in [4.78, 5) is 32.4. The molecule has 34 heavy (non-hydrogen) atoms. The highest BCUT2D eigenvalue weighted by molar-refractivity contribution is 6.13. The second-order valence-electron chi connectivity index (χ2n) is 7.87. The van der Waals surface area contributed by atoms with E-state index in [9.17, 15) is 27.2 Å². The largest absolute Gasteiger partial charge is 0.480 e. The summed E-state index contributed by atoms with van der Waals surface area (Å²) in [6.07, 6.45) is -6.26. The first-order valence-corrected chi connectivity index (χ1v) is 10.0. The van der Waals surface area contributed by atoms with E-state index in [1.165, 1.54) is 6.92 Å². The Morgan fingerprint density at radius 1 is 1.38 bits per heavy atom. The Bertz CT molecular complexity index is 1030. The highest BCUT2D eigenvalue weighted by atomic mass is 19.4. The van der Waals surface area contributed by atoms with Crippen LogP contribution in [-0.4, -0.2) is 59.4 Å². The maximum atomic E-state index is 15.0. The number of carboxylic acids is 1. The van der Waals surface area contributed by atoms with Crippen molar-refractivity contribution in [3.8, 4) is 0 Å². The lowest BCUT2D eigenvalue weighted by atomic mass is 9.89. The summed E-state index contributed by atoms with van der Waals surface area (Å²) in [6.45, 7) is 6.28. The molecule has 0 saturated carbocycles. The molecule has 186 valence electrons. The number of carbonyl (C=O) groups is 2. The lowest BCUT2D eigenvalue weighted by molar-refractivity contribution is -0.137. The molecule has 9 nitrogen and oxygen atoms in total. The van der Waals surface area contributed by atoms with Crippen molar-refractivity contribution in [1.29, 1.82) is 0 Å². The molecule has 1 aromatic heterocycles. The summed E-state index contributed by atoms with van der Waals surface area (Å²) in [5, 5.41) is 11.4. The minimum Gasteiger partial charge on any atom is -0.480 e. The van der Waals surface area contributed by atoms with Crippen LogP contribution in [0, 0.1) is 0 Å². The number of aromatic nitrogens is 1. The van der Waals surface area contributed by atoms with Crippen LogP contribution in [-0.2, 0) is 15.7 Å². The number of allylic oxidation sites excluding steroid dienone is 1. The van der Waals surface area contributed by atoms with E-state index in [0.717, 1.165) is 31.0 Å². The van der Waals surface area contributed by atoms with Gasteiger partial charge < -0.3 is 20.5 Å². The number of carbonyl (C=O) groups excluding carboxylic acids is 1. The number of alkyl carbamates (subject to hydrolysis) is 1. The Morgan fingerprint density at radius 2 is 2.03 bits per heavy atom. The highest BCUT2D eigenvalue weighted by Crippen LogP contribution is 2.36. The summed E-state index contributed by atoms with van der Waals surface area (Å²) in [5.74, 6) is -1.76. The number of ether oxygens (including phenoxy) is 1. The number of nitrogens with zero attached hydrogens (tertiary/aromatic N) is 3. The molecule has 1 aliphatic rings. The van der Waals surface area contributed by atoms with Crippen LogP contribution in [0.25, 0.3) is 5.57 Å². The second-order valence-corrected chi connectivity index (χ2v) is 7.87. The fourth-order valence-corrected chi connectivity index (χ4v) is 3.30. The Balaban J connectivity index is 2.84. The van der Waals surface area contributed by atoms with Gasteiger partial charge in [0.25, 0.3) is 0 Å². The Kier molecular flexibility index (Phi) is 8.03. The van der Waals surface area contributed by atoms with Crippen molar-refractivity contribution in [1.82, 2.24) is 10.3 Å². The number of nitrogens with one attached hydrogen (secondary N) is 1. The van der Waals surface area contributed by atoms with E-state index in [4.69, 9.17) is 15.6 Å². The lowest BCUT2D eigenvalue weighted by Crippen LogP contribution is -2.51. The van der Waals surface area contributed by atoms with Gasteiger partial charge in [0, 0.05) is 24.9 Å². The third-order valence-electron chi connectivity index (χ3n) is 4.78. The molecule has 0 aliphatic carbocycles. The number of aliphatic imine (C=N–C) groups is 1. The standard InChI is InChI=1S/C21H25F4N5O4/c1-5-27-18-16(17(20(3,4)22)34-19(33)29-18)11(2)13-8-12(21(23,24)25)9-14(28-13)30(7-6-26)10-15(31)32/h5,8-9,17H,1,6-7,10,26H2,2-4H3,(H,31,32)(H,27,29,33)/b16-11+/t17-/m1/s1. The molecule has 2 rings (SSSR count). The smallest absolute Gasteiger partial charge is 0.416 e. The number of nitrogens with two attached hydrogens (primary N) is 1. The van der Waals surface area contributed by atoms with Crippen LogP contribution in [0.4, 0.5) is 28.2 Å². The predicted octanol–water partition coefficient (Wildman–Crippen LogP) is 3.12. The van der Waals surface area contributed by atoms with Gasteiger partial charge in [-0.25, -0.2) is 19.2 Å². The van der Waals surface area contributed by atoms with Gasteiger partial charge in [-0.1, -0.05) is 6.58 Å². The van der Waals surface area contributed by atoms with E-state index < -0.39 is 42.1 Å². The van der Waals surface area contributed by atoms with E-state index in [1.807, 2.05) is 0 Å². The number of alkyl halides is 4. The molecular formula is C21H25F4N5O4. The van der Waals surface area contributed by atoms with Crippen LogP contribution in [0.1, 0.15) is 32.0 Å². The molecular weight excluding hydrogens is 462 g/mol. The van der Waals surface area contributed by atoms with Crippen molar-refractivity contribution < 1.29 is 37.0 Å². The van der Waals surface area contributed by atoms with E-state index in [1.54, 1.807) is 0 Å². The number of rotatable bonds is 8. The zero-order valence-electron chi connectivity index (χ0n) is 18.7. The van der Waals surface area contributed by atoms with Crippen molar-refractivity contribution in [2.75, 3.05) is 24.5 Å². The number of hydrogen-bond donors (Lipinski definition) is 3. The molecule has 2 heterocycles. The summed E-state index contributed by atoms with van der Waals surface area (Å²) in [6, 6.07) is 1.44. The van der Waals surface area contributed by atoms with Crippen molar-refractivity contribution >= 4 is 29.3 Å². The molecule has 1 aromatic rings. The average Bonchev–Trinajstić information content (AvgIpc) is 2.71. The van der Waals surface area contributed by atoms with Crippen molar-refractivity contribution in [2.45, 2.75) is 38.7 Å². The second kappa shape index (κ2) is 10.2. The number of halogens is 4. The normalized spacial score (nSPS) is 19.4. The fraction of sp³-hybridized carbons (Fsp3) is 0.429. The number of amidine groups is 1. The number of aliphatic carboxylic acids is 1. The summed E-state index contributed by atoms with van der Waals surface area (Å²) in [7, 11) is 0. The Labute approximate surface area is 193 Å². The third kappa shape index (κ3) is 6.31. The number of hydrogen-bond acceptors (Lipinski definition) is 7. The van der Waals surface area contributed by atoms with E-state index in [0.29, 0.717) is 6.07 Å². The zero-order valence-corrected chi connectivity index (χ0v) is 18.7. The number of anilines is 1. The Morgan fingerprint density at radius 3 is 2.53 bits per heavy atom. The molecule has 0 radical (unpaired) electrons. The summed E-state index contributed by atoms with van der Waals surface area (Å²) in [5.41, 5.74) is 1.96. The molecule has 1 fully saturated rings. The topological polar surface area (TPSA) is 130 Å². The number of pyridine rings is 1. The highest BCUT2D eigenvalue weighted by Gasteiger charge is 2.43. The van der Waals surface area contributed by atoms with Crippen LogP contribution in [0.3, 0.4) is 0 Å². The summed E-state index contributed by atoms with van der Waals surface area (Å²) < 4.78 is 61.2. The average molecular weight is 487 g/mol. The molecule has 0 aromatic carbocycles. The number of carboxylic acid groups (broad SMARTS) is 1. The Hall–Kier alpha value is -3.48. The molecule has 4 N–H and O–H groups in total. The first kappa shape index (κ1) is 26.8. The molecule has 0 bridgehead atoms. The van der Waals surface area contributed by atoms with Gasteiger partial charge in [0.15, 0.2) is 6.10 Å². The monoisotopic (exact) mass is 487 g/mol. The third-order valence-corrected chi connectivity index (χ3v) is 4.78. The van der Waals surface area contributed by atoms with Crippen LogP contribution < -0.4 is 16.0 Å². The van der Waals surface area contributed by atoms with Gasteiger partial charge in [0.2, 0.25) is 0 Å². The van der Waals surface area contributed by atoms with Gasteiger partial charge in [-0.05, 0) is 38.5 Å². The van der Waals surface area contributed by atoms with E-state index >= 15 is 0 Å². The van der Waals surface area contributed by atoms with Crippen molar-refractivity contribution in [3.05, 3.63) is 41.7 Å². The molecule has 1 aliphatic heterocycles. The molecule has 1 saturated heterocycles. The van der Waals surface area contributed by atoms with Crippen LogP contribution in [0.2, 0.25) is 0 Å². The fourth-order valence-electron chi connectivity index (χ4n) is 3.30. The molecule has 13 heteroatoms. The van der Waals surface area contributed by atoms with Crippen LogP contribution >= 0.6 is 0 Å². The van der Waals surface area contributed by atoms with Gasteiger partial charge in [-0.15, -0.1) is 0 Å². The van der Waals surface area contributed by atoms with Gasteiger partial charge in [0.1, 0.15) is 23.9 Å². The van der Waals surface area contributed by atoms with Gasteiger partial charge >= 0.3 is 18.2 Å². The van der Waals surface area contributed by atoms with Crippen molar-refractivity contribution in [3.63, 3.8) is 0 Å². The van der Waals surface area contributed by atoms with E-state index in [-0.39, 0.29) is 41.6 Å². The van der Waals surface area contributed by atoms with Crippen LogP contribution in [0.5, 0.6) is 0 Å². The van der Waals surface area contributed by atoms with Gasteiger partial charge in [-0.2, -0.15) is 13.2 Å². The lowest BCUT2D eigenvalue weighted by Gasteiger charge is -2.34. The molecule has 1 atom stereocenters. The molecule has 0 unspecified atom stereocenters. The van der Waals surface area contributed by atoms with Gasteiger partial charge in [0.05, 0.1) is 11.3 Å². The summed E-state index contributed by atoms with van der Waals surface area (Å²) >= 11 is 0. The quantitative estimate of drug-likeness (QED) is 0.481. The maximum Gasteiger partial charge on any atom is 0.416 e. The molecule has 1 amide bonds.